The van der Waals surface area contributed by atoms with Gasteiger partial charge in [-0.25, -0.2) is 0 Å². The summed E-state index contributed by atoms with van der Waals surface area (Å²) in [5.74, 6) is -0.0900. The number of likely N-dealkylation sites (tertiary alicyclic amines) is 1. The Morgan fingerprint density at radius 3 is 2.84 bits per heavy atom. The second kappa shape index (κ2) is 5.17. The van der Waals surface area contributed by atoms with Crippen LogP contribution < -0.4 is 15.8 Å². The van der Waals surface area contributed by atoms with Crippen LogP contribution in [-0.4, -0.2) is 43.5 Å². The van der Waals surface area contributed by atoms with Crippen molar-refractivity contribution < 1.29 is 14.3 Å². The molecule has 0 spiro atoms. The highest BCUT2D eigenvalue weighted by Gasteiger charge is 2.31. The number of carbonyl (C=O) groups is 2. The molecule has 6 heteroatoms. The first kappa shape index (κ1) is 13.2. The smallest absolute Gasteiger partial charge is 0.255 e. The van der Waals surface area contributed by atoms with E-state index in [9.17, 15) is 9.59 Å². The predicted molar refractivity (Wildman–Crippen MR) is 70.9 cm³/mol. The number of carbonyl (C=O) groups excluding carboxylic acids is 2. The summed E-state index contributed by atoms with van der Waals surface area (Å²) in [5.41, 5.74) is 6.48. The average molecular weight is 263 g/mol. The maximum Gasteiger partial charge on any atom is 0.255 e. The highest BCUT2D eigenvalue weighted by molar-refractivity contribution is 6.01. The van der Waals surface area contributed by atoms with Crippen molar-refractivity contribution in [1.29, 1.82) is 0 Å². The van der Waals surface area contributed by atoms with Crippen LogP contribution in [0.5, 0.6) is 5.75 Å². The molecule has 19 heavy (non-hydrogen) atoms. The molecule has 102 valence electrons. The molecule has 0 radical (unpaired) electrons. The fraction of sp³-hybridized carbons (Fsp3) is 0.385. The van der Waals surface area contributed by atoms with E-state index in [0.29, 0.717) is 30.0 Å². The molecule has 1 aromatic carbocycles. The maximum absolute atomic E-state index is 12.2. The quantitative estimate of drug-likeness (QED) is 0.765. The first-order chi connectivity index (χ1) is 9.04. The third-order valence-corrected chi connectivity index (χ3v) is 3.23. The molecule has 1 aliphatic rings. The van der Waals surface area contributed by atoms with Crippen molar-refractivity contribution in [3.8, 4) is 5.75 Å². The molecule has 1 unspecified atom stereocenters. The molecule has 1 aromatic rings. The molecule has 3 N–H and O–H groups in total. The highest BCUT2D eigenvalue weighted by atomic mass is 16.5. The molecule has 6 nitrogen and oxygen atoms in total. The van der Waals surface area contributed by atoms with E-state index in [4.69, 9.17) is 10.5 Å². The summed E-state index contributed by atoms with van der Waals surface area (Å²) in [4.78, 5) is 25.5. The molecule has 1 fully saturated rings. The lowest BCUT2D eigenvalue weighted by Crippen LogP contribution is -2.40. The SMILES string of the molecule is COc1c(N)cccc1C(=O)NC1CCN(C)C1=O. The van der Waals surface area contributed by atoms with E-state index in [1.165, 1.54) is 7.11 Å². The van der Waals surface area contributed by atoms with Crippen molar-refractivity contribution >= 4 is 17.5 Å². The predicted octanol–water partition coefficient (Wildman–Crippen LogP) is 0.238. The number of benzene rings is 1. The summed E-state index contributed by atoms with van der Waals surface area (Å²) in [6, 6.07) is 4.48. The van der Waals surface area contributed by atoms with Crippen LogP contribution in [0.1, 0.15) is 16.8 Å². The first-order valence-corrected chi connectivity index (χ1v) is 6.03. The summed E-state index contributed by atoms with van der Waals surface area (Å²) < 4.78 is 5.13. The van der Waals surface area contributed by atoms with Gasteiger partial charge in [0.15, 0.2) is 5.75 Å². The summed E-state index contributed by atoms with van der Waals surface area (Å²) in [6.45, 7) is 0.651. The lowest BCUT2D eigenvalue weighted by molar-refractivity contribution is -0.128. The molecule has 2 rings (SSSR count). The van der Waals surface area contributed by atoms with Crippen molar-refractivity contribution in [3.05, 3.63) is 23.8 Å². The number of nitrogen functional groups attached to an aromatic ring is 1. The van der Waals surface area contributed by atoms with Gasteiger partial charge in [0, 0.05) is 13.6 Å². The van der Waals surface area contributed by atoms with E-state index in [1.54, 1.807) is 30.1 Å². The molecular formula is C13H17N3O3. The standard InChI is InChI=1S/C13H17N3O3/c1-16-7-6-10(13(16)18)15-12(17)8-4-3-5-9(14)11(8)19-2/h3-5,10H,6-7,14H2,1-2H3,(H,15,17). The third-order valence-electron chi connectivity index (χ3n) is 3.23. The number of methoxy groups -OCH3 is 1. The van der Waals surface area contributed by atoms with Crippen LogP contribution in [0.3, 0.4) is 0 Å². The second-order valence-electron chi connectivity index (χ2n) is 4.50. The number of ether oxygens (including phenoxy) is 1. The molecule has 0 saturated carbocycles. The number of nitrogens with one attached hydrogen (secondary N) is 1. The average Bonchev–Trinajstić information content (AvgIpc) is 2.70. The topological polar surface area (TPSA) is 84.7 Å². The number of amides is 2. The molecule has 0 bridgehead atoms. The number of nitrogens with two attached hydrogens (primary N) is 1. The fourth-order valence-corrected chi connectivity index (χ4v) is 2.15. The van der Waals surface area contributed by atoms with Crippen molar-refractivity contribution in [2.24, 2.45) is 0 Å². The van der Waals surface area contributed by atoms with Gasteiger partial charge in [0.05, 0.1) is 18.4 Å². The zero-order chi connectivity index (χ0) is 14.0. The lowest BCUT2D eigenvalue weighted by atomic mass is 10.1. The van der Waals surface area contributed by atoms with Gasteiger partial charge in [-0.15, -0.1) is 0 Å². The minimum Gasteiger partial charge on any atom is -0.494 e. The van der Waals surface area contributed by atoms with Crippen LogP contribution in [-0.2, 0) is 4.79 Å². The summed E-state index contributed by atoms with van der Waals surface area (Å²) in [7, 11) is 3.17. The summed E-state index contributed by atoms with van der Waals surface area (Å²) in [5, 5.41) is 2.71. The Morgan fingerprint density at radius 2 is 2.26 bits per heavy atom. The van der Waals surface area contributed by atoms with Crippen molar-refractivity contribution in [3.63, 3.8) is 0 Å². The molecular weight excluding hydrogens is 246 g/mol. The van der Waals surface area contributed by atoms with E-state index >= 15 is 0 Å². The Kier molecular flexibility index (Phi) is 3.59. The van der Waals surface area contributed by atoms with E-state index in [-0.39, 0.29) is 11.8 Å². The summed E-state index contributed by atoms with van der Waals surface area (Å²) in [6.07, 6.45) is 0.617. The maximum atomic E-state index is 12.2. The Hall–Kier alpha value is -2.24. The Bertz CT molecular complexity index is 516. The molecule has 1 atom stereocenters. The number of rotatable bonds is 3. The molecule has 1 heterocycles. The van der Waals surface area contributed by atoms with Gasteiger partial charge in [0.2, 0.25) is 5.91 Å². The van der Waals surface area contributed by atoms with Gasteiger partial charge in [-0.1, -0.05) is 6.07 Å². The van der Waals surface area contributed by atoms with Crippen molar-refractivity contribution in [2.45, 2.75) is 12.5 Å². The van der Waals surface area contributed by atoms with Gasteiger partial charge in [0.25, 0.3) is 5.91 Å². The zero-order valence-corrected chi connectivity index (χ0v) is 11.0. The van der Waals surface area contributed by atoms with Gasteiger partial charge >= 0.3 is 0 Å². The number of nitrogens with zero attached hydrogens (tertiary/aromatic N) is 1. The van der Waals surface area contributed by atoms with Crippen molar-refractivity contribution in [1.82, 2.24) is 10.2 Å². The van der Waals surface area contributed by atoms with Gasteiger partial charge in [-0.3, -0.25) is 9.59 Å². The Balaban J connectivity index is 2.17. The van der Waals surface area contributed by atoms with Crippen LogP contribution in [0, 0.1) is 0 Å². The molecule has 0 aromatic heterocycles. The third kappa shape index (κ3) is 2.47. The van der Waals surface area contributed by atoms with Gasteiger partial charge < -0.3 is 20.7 Å². The zero-order valence-electron chi connectivity index (χ0n) is 11.0. The van der Waals surface area contributed by atoms with Crippen LogP contribution >= 0.6 is 0 Å². The van der Waals surface area contributed by atoms with E-state index in [1.807, 2.05) is 0 Å². The molecule has 1 aliphatic heterocycles. The largest absolute Gasteiger partial charge is 0.494 e. The van der Waals surface area contributed by atoms with Gasteiger partial charge in [-0.2, -0.15) is 0 Å². The van der Waals surface area contributed by atoms with E-state index in [0.717, 1.165) is 0 Å². The normalized spacial score (nSPS) is 18.5. The minimum absolute atomic E-state index is 0.0729. The molecule has 2 amide bonds. The Morgan fingerprint density at radius 1 is 1.53 bits per heavy atom. The summed E-state index contributed by atoms with van der Waals surface area (Å²) >= 11 is 0. The van der Waals surface area contributed by atoms with E-state index in [2.05, 4.69) is 5.32 Å². The van der Waals surface area contributed by atoms with E-state index < -0.39 is 6.04 Å². The number of hydrogen-bond acceptors (Lipinski definition) is 4. The molecule has 0 aliphatic carbocycles. The van der Waals surface area contributed by atoms with Crippen molar-refractivity contribution in [2.75, 3.05) is 26.4 Å². The van der Waals surface area contributed by atoms with Gasteiger partial charge in [0.1, 0.15) is 6.04 Å². The monoisotopic (exact) mass is 263 g/mol. The van der Waals surface area contributed by atoms with Gasteiger partial charge in [-0.05, 0) is 18.6 Å². The lowest BCUT2D eigenvalue weighted by Gasteiger charge is -2.14. The molecule has 1 saturated heterocycles. The van der Waals surface area contributed by atoms with Crippen LogP contribution in [0.2, 0.25) is 0 Å². The minimum atomic E-state index is -0.469. The van der Waals surface area contributed by atoms with Crippen LogP contribution in [0.15, 0.2) is 18.2 Å². The number of para-hydroxylation sites is 1. The fourth-order valence-electron chi connectivity index (χ4n) is 2.15. The highest BCUT2D eigenvalue weighted by Crippen LogP contribution is 2.26. The number of likely N-dealkylation sites (N-methyl/N-ethyl adjacent to an activating group) is 1. The van der Waals surface area contributed by atoms with Crippen LogP contribution in [0.25, 0.3) is 0 Å². The van der Waals surface area contributed by atoms with Crippen LogP contribution in [0.4, 0.5) is 5.69 Å². The number of anilines is 1. The Labute approximate surface area is 111 Å². The number of hydrogen-bond donors (Lipinski definition) is 2. The second-order valence-corrected chi connectivity index (χ2v) is 4.50. The first-order valence-electron chi connectivity index (χ1n) is 6.03.